The Balaban J connectivity index is 1.61. The van der Waals surface area contributed by atoms with Crippen molar-refractivity contribution in [2.75, 3.05) is 13.6 Å². The molecule has 3 aliphatic rings. The number of nitrogens with zero attached hydrogens (tertiary/aromatic N) is 2. The van der Waals surface area contributed by atoms with E-state index in [0.717, 1.165) is 49.3 Å². The lowest BCUT2D eigenvalue weighted by Crippen LogP contribution is -2.50. The van der Waals surface area contributed by atoms with Gasteiger partial charge in [0.15, 0.2) is 0 Å². The first-order chi connectivity index (χ1) is 11.8. The molecular formula is C19H31N3O3. The van der Waals surface area contributed by atoms with Crippen molar-refractivity contribution in [2.45, 2.75) is 76.8 Å². The second-order valence-corrected chi connectivity index (χ2v) is 8.50. The largest absolute Gasteiger partial charge is 0.341 e. The number of hydrogen-bond acceptors (Lipinski definition) is 3. The summed E-state index contributed by atoms with van der Waals surface area (Å²) in [5, 5.41) is 2.89. The quantitative estimate of drug-likeness (QED) is 0.796. The highest BCUT2D eigenvalue weighted by molar-refractivity contribution is 6.09. The Bertz CT molecular complexity index is 546. The van der Waals surface area contributed by atoms with E-state index in [9.17, 15) is 14.4 Å². The van der Waals surface area contributed by atoms with Gasteiger partial charge in [-0.1, -0.05) is 13.8 Å². The number of carbonyl (C=O) groups excluding carboxylic acids is 3. The van der Waals surface area contributed by atoms with Crippen molar-refractivity contribution in [1.29, 1.82) is 0 Å². The van der Waals surface area contributed by atoms with Crippen molar-refractivity contribution in [3.63, 3.8) is 0 Å². The molecule has 140 valence electrons. The molecule has 0 aromatic carbocycles. The molecule has 1 saturated heterocycles. The predicted octanol–water partition coefficient (Wildman–Crippen LogP) is 2.52. The van der Waals surface area contributed by atoms with Crippen LogP contribution in [0, 0.1) is 11.8 Å². The Labute approximate surface area is 150 Å². The van der Waals surface area contributed by atoms with Gasteiger partial charge in [-0.2, -0.15) is 0 Å². The summed E-state index contributed by atoms with van der Waals surface area (Å²) in [6.45, 7) is 4.29. The summed E-state index contributed by atoms with van der Waals surface area (Å²) in [4.78, 5) is 40.7. The standard InChI is InChI=1S/C19H31N3O3/c1-13-4-6-15(7-5-13)21(3)16(23)12-22-17(24)19(20-18(22)25)10-8-14(2)9-11-19/h13-15H,4-12H2,1-3H3,(H,20,25). The number of imide groups is 1. The maximum Gasteiger partial charge on any atom is 0.325 e. The number of urea groups is 1. The molecule has 6 heteroatoms. The van der Waals surface area contributed by atoms with Crippen LogP contribution < -0.4 is 5.32 Å². The van der Waals surface area contributed by atoms with Crippen molar-refractivity contribution in [1.82, 2.24) is 15.1 Å². The fourth-order valence-corrected chi connectivity index (χ4v) is 4.49. The summed E-state index contributed by atoms with van der Waals surface area (Å²) in [5.41, 5.74) is -0.761. The molecule has 2 aliphatic carbocycles. The average Bonchev–Trinajstić information content (AvgIpc) is 2.82. The third-order valence-electron chi connectivity index (χ3n) is 6.59. The normalized spacial score (nSPS) is 35.8. The average molecular weight is 349 g/mol. The van der Waals surface area contributed by atoms with Gasteiger partial charge in [0.25, 0.3) is 5.91 Å². The molecule has 0 bridgehead atoms. The molecule has 1 heterocycles. The van der Waals surface area contributed by atoms with E-state index >= 15 is 0 Å². The fourth-order valence-electron chi connectivity index (χ4n) is 4.49. The lowest BCUT2D eigenvalue weighted by atomic mass is 9.77. The Morgan fingerprint density at radius 3 is 2.24 bits per heavy atom. The highest BCUT2D eigenvalue weighted by atomic mass is 16.2. The molecule has 0 atom stereocenters. The van der Waals surface area contributed by atoms with Crippen molar-refractivity contribution in [3.8, 4) is 0 Å². The minimum atomic E-state index is -0.761. The van der Waals surface area contributed by atoms with E-state index in [4.69, 9.17) is 0 Å². The van der Waals surface area contributed by atoms with Crippen LogP contribution in [0.4, 0.5) is 4.79 Å². The first-order valence-corrected chi connectivity index (χ1v) is 9.72. The summed E-state index contributed by atoms with van der Waals surface area (Å²) in [7, 11) is 1.81. The predicted molar refractivity (Wildman–Crippen MR) is 94.8 cm³/mol. The summed E-state index contributed by atoms with van der Waals surface area (Å²) in [5.74, 6) is 0.970. The van der Waals surface area contributed by atoms with E-state index < -0.39 is 11.6 Å². The number of rotatable bonds is 3. The second kappa shape index (κ2) is 6.96. The van der Waals surface area contributed by atoms with Gasteiger partial charge in [-0.15, -0.1) is 0 Å². The van der Waals surface area contributed by atoms with Crippen LogP contribution in [-0.2, 0) is 9.59 Å². The molecule has 4 amide bonds. The van der Waals surface area contributed by atoms with Crippen LogP contribution in [0.2, 0.25) is 0 Å². The van der Waals surface area contributed by atoms with E-state index in [1.807, 2.05) is 0 Å². The Hall–Kier alpha value is -1.59. The van der Waals surface area contributed by atoms with Crippen LogP contribution >= 0.6 is 0 Å². The minimum Gasteiger partial charge on any atom is -0.341 e. The van der Waals surface area contributed by atoms with Crippen LogP contribution in [0.3, 0.4) is 0 Å². The molecule has 1 spiro atoms. The molecule has 0 aromatic rings. The topological polar surface area (TPSA) is 69.7 Å². The smallest absolute Gasteiger partial charge is 0.325 e. The van der Waals surface area contributed by atoms with Gasteiger partial charge < -0.3 is 10.2 Å². The monoisotopic (exact) mass is 349 g/mol. The summed E-state index contributed by atoms with van der Waals surface area (Å²) in [6, 6.07) is -0.174. The van der Waals surface area contributed by atoms with Crippen LogP contribution in [-0.4, -0.2) is 52.8 Å². The molecule has 0 aromatic heterocycles. The minimum absolute atomic E-state index is 0.134. The van der Waals surface area contributed by atoms with Gasteiger partial charge in [0.2, 0.25) is 5.91 Å². The van der Waals surface area contributed by atoms with E-state index in [-0.39, 0.29) is 24.4 Å². The van der Waals surface area contributed by atoms with Gasteiger partial charge in [0.1, 0.15) is 12.1 Å². The van der Waals surface area contributed by atoms with E-state index in [1.165, 1.54) is 0 Å². The van der Waals surface area contributed by atoms with Gasteiger partial charge in [0.05, 0.1) is 0 Å². The summed E-state index contributed by atoms with van der Waals surface area (Å²) < 4.78 is 0. The van der Waals surface area contributed by atoms with Gasteiger partial charge in [-0.3, -0.25) is 14.5 Å². The number of amides is 4. The van der Waals surface area contributed by atoms with E-state index in [1.54, 1.807) is 11.9 Å². The van der Waals surface area contributed by atoms with Crippen LogP contribution in [0.5, 0.6) is 0 Å². The molecule has 2 saturated carbocycles. The second-order valence-electron chi connectivity index (χ2n) is 8.50. The number of nitrogens with one attached hydrogen (secondary N) is 1. The zero-order valence-electron chi connectivity index (χ0n) is 15.7. The van der Waals surface area contributed by atoms with Gasteiger partial charge in [-0.05, 0) is 63.2 Å². The van der Waals surface area contributed by atoms with Gasteiger partial charge in [0, 0.05) is 13.1 Å². The number of hydrogen-bond donors (Lipinski definition) is 1. The van der Waals surface area contributed by atoms with E-state index in [0.29, 0.717) is 18.8 Å². The van der Waals surface area contributed by atoms with Crippen molar-refractivity contribution >= 4 is 17.8 Å². The molecule has 0 unspecified atom stereocenters. The summed E-state index contributed by atoms with van der Waals surface area (Å²) >= 11 is 0. The maximum absolute atomic E-state index is 12.8. The molecule has 3 fully saturated rings. The fraction of sp³-hybridized carbons (Fsp3) is 0.842. The third kappa shape index (κ3) is 3.53. The number of carbonyl (C=O) groups is 3. The first-order valence-electron chi connectivity index (χ1n) is 9.72. The lowest BCUT2D eigenvalue weighted by molar-refractivity contribution is -0.140. The van der Waals surface area contributed by atoms with Crippen LogP contribution in [0.25, 0.3) is 0 Å². The van der Waals surface area contributed by atoms with Crippen LogP contribution in [0.15, 0.2) is 0 Å². The first kappa shape index (κ1) is 18.2. The SMILES string of the molecule is CC1CCC(N(C)C(=O)CN2C(=O)NC3(CCC(C)CC3)C2=O)CC1. The zero-order valence-corrected chi connectivity index (χ0v) is 15.7. The molecule has 25 heavy (non-hydrogen) atoms. The van der Waals surface area contributed by atoms with Gasteiger partial charge >= 0.3 is 6.03 Å². The molecule has 3 rings (SSSR count). The third-order valence-corrected chi connectivity index (χ3v) is 6.59. The number of likely N-dealkylation sites (N-methyl/N-ethyl adjacent to an activating group) is 1. The van der Waals surface area contributed by atoms with E-state index in [2.05, 4.69) is 19.2 Å². The Morgan fingerprint density at radius 1 is 1.08 bits per heavy atom. The molecule has 1 aliphatic heterocycles. The highest BCUT2D eigenvalue weighted by Crippen LogP contribution is 2.36. The Kier molecular flexibility index (Phi) is 5.07. The Morgan fingerprint density at radius 2 is 1.64 bits per heavy atom. The van der Waals surface area contributed by atoms with Crippen molar-refractivity contribution < 1.29 is 14.4 Å². The van der Waals surface area contributed by atoms with Crippen molar-refractivity contribution in [2.24, 2.45) is 11.8 Å². The lowest BCUT2D eigenvalue weighted by Gasteiger charge is -2.35. The van der Waals surface area contributed by atoms with Gasteiger partial charge in [-0.25, -0.2) is 4.79 Å². The zero-order chi connectivity index (χ0) is 18.2. The highest BCUT2D eigenvalue weighted by Gasteiger charge is 2.52. The molecular weight excluding hydrogens is 318 g/mol. The van der Waals surface area contributed by atoms with Crippen LogP contribution in [0.1, 0.15) is 65.2 Å². The molecule has 6 nitrogen and oxygen atoms in total. The maximum atomic E-state index is 12.8. The summed E-state index contributed by atoms with van der Waals surface area (Å²) in [6.07, 6.45) is 7.51. The van der Waals surface area contributed by atoms with Crippen molar-refractivity contribution in [3.05, 3.63) is 0 Å². The molecule has 1 N–H and O–H groups in total. The molecule has 0 radical (unpaired) electrons.